The first-order chi connectivity index (χ1) is 5.79. The summed E-state index contributed by atoms with van der Waals surface area (Å²) in [5, 5.41) is 0. The molecule has 0 bridgehead atoms. The van der Waals surface area contributed by atoms with E-state index in [9.17, 15) is 8.42 Å². The molecule has 0 spiro atoms. The van der Waals surface area contributed by atoms with Crippen molar-refractivity contribution in [2.75, 3.05) is 6.54 Å². The van der Waals surface area contributed by atoms with Gasteiger partial charge in [-0.05, 0) is 12.0 Å². The van der Waals surface area contributed by atoms with Gasteiger partial charge in [0, 0.05) is 6.54 Å². The van der Waals surface area contributed by atoms with Crippen molar-refractivity contribution in [2.45, 2.75) is 6.42 Å². The quantitative estimate of drug-likeness (QED) is 0.665. The van der Waals surface area contributed by atoms with Gasteiger partial charge in [0.15, 0.2) is 0 Å². The summed E-state index contributed by atoms with van der Waals surface area (Å²) in [7, 11) is -2.45. The fourth-order valence-electron chi connectivity index (χ4n) is 0.936. The minimum absolute atomic E-state index is 0.475. The van der Waals surface area contributed by atoms with Gasteiger partial charge >= 0.3 is 0 Å². The van der Waals surface area contributed by atoms with Gasteiger partial charge in [0.05, 0.1) is 0 Å². The Balaban J connectivity index is 2.34. The van der Waals surface area contributed by atoms with Crippen molar-refractivity contribution in [3.8, 4) is 0 Å². The van der Waals surface area contributed by atoms with Crippen molar-refractivity contribution in [2.24, 2.45) is 0 Å². The van der Waals surface area contributed by atoms with Crippen molar-refractivity contribution in [3.05, 3.63) is 35.9 Å². The van der Waals surface area contributed by atoms with Gasteiger partial charge in [-0.1, -0.05) is 30.3 Å². The first-order valence-electron chi connectivity index (χ1n) is 3.71. The number of benzene rings is 1. The molecular weight excluding hydrogens is 174 g/mol. The highest BCUT2D eigenvalue weighted by atomic mass is 32.2. The lowest BCUT2D eigenvalue weighted by Crippen LogP contribution is -2.14. The highest BCUT2D eigenvalue weighted by Crippen LogP contribution is 1.97. The predicted octanol–water partition coefficient (Wildman–Crippen LogP) is 0.345. The summed E-state index contributed by atoms with van der Waals surface area (Å²) >= 11 is 0. The second kappa shape index (κ2) is 4.90. The van der Waals surface area contributed by atoms with Crippen molar-refractivity contribution < 1.29 is 8.42 Å². The maximum absolute atomic E-state index is 10.1. The van der Waals surface area contributed by atoms with E-state index in [1.54, 1.807) is 0 Å². The molecule has 0 unspecified atom stereocenters. The van der Waals surface area contributed by atoms with E-state index in [0.29, 0.717) is 6.54 Å². The molecule has 0 saturated heterocycles. The van der Waals surface area contributed by atoms with Crippen LogP contribution in [-0.2, 0) is 17.3 Å². The molecule has 0 atom stereocenters. The van der Waals surface area contributed by atoms with E-state index in [2.05, 4.69) is 4.72 Å². The van der Waals surface area contributed by atoms with Crippen LogP contribution in [-0.4, -0.2) is 15.0 Å². The van der Waals surface area contributed by atoms with Crippen LogP contribution in [0, 0.1) is 0 Å². The number of rotatable bonds is 4. The van der Waals surface area contributed by atoms with E-state index in [-0.39, 0.29) is 0 Å². The Kier molecular flexibility index (Phi) is 3.76. The van der Waals surface area contributed by atoms with Gasteiger partial charge < -0.3 is 0 Å². The van der Waals surface area contributed by atoms with Gasteiger partial charge in [0.25, 0.3) is 0 Å². The standard InChI is InChI=1S/C8H11NO2S/c10-12(11)9-7-6-8-4-2-1-3-5-8/h1-5,12H,6-7H2,(H,9,10,11). The van der Waals surface area contributed by atoms with Crippen LogP contribution in [0.25, 0.3) is 0 Å². The van der Waals surface area contributed by atoms with Crippen molar-refractivity contribution >= 4 is 10.9 Å². The monoisotopic (exact) mass is 185 g/mol. The fourth-order valence-corrected chi connectivity index (χ4v) is 1.23. The zero-order valence-electron chi connectivity index (χ0n) is 6.56. The van der Waals surface area contributed by atoms with Crippen LogP contribution < -0.4 is 4.72 Å². The molecule has 1 aromatic rings. The third-order valence-corrected chi connectivity index (χ3v) is 1.98. The number of thiol groups is 1. The fraction of sp³-hybridized carbons (Fsp3) is 0.250. The lowest BCUT2D eigenvalue weighted by molar-refractivity contribution is 0.602. The van der Waals surface area contributed by atoms with E-state index >= 15 is 0 Å². The molecule has 3 nitrogen and oxygen atoms in total. The average Bonchev–Trinajstić information content (AvgIpc) is 2.05. The molecule has 0 aliphatic carbocycles. The third kappa shape index (κ3) is 3.50. The molecule has 0 amide bonds. The van der Waals surface area contributed by atoms with E-state index in [1.807, 2.05) is 30.3 Å². The van der Waals surface area contributed by atoms with Gasteiger partial charge in [-0.25, -0.2) is 13.1 Å². The van der Waals surface area contributed by atoms with Gasteiger partial charge in [0.1, 0.15) is 0 Å². The molecule has 4 heteroatoms. The minimum atomic E-state index is -2.45. The van der Waals surface area contributed by atoms with Crippen molar-refractivity contribution in [3.63, 3.8) is 0 Å². The van der Waals surface area contributed by atoms with E-state index in [1.165, 1.54) is 0 Å². The highest BCUT2D eigenvalue weighted by Gasteiger charge is 1.90. The molecule has 1 N–H and O–H groups in total. The first-order valence-corrected chi connectivity index (χ1v) is 4.88. The number of hydrogen-bond donors (Lipinski definition) is 2. The van der Waals surface area contributed by atoms with E-state index < -0.39 is 10.9 Å². The van der Waals surface area contributed by atoms with E-state index in [4.69, 9.17) is 0 Å². The topological polar surface area (TPSA) is 46.2 Å². The van der Waals surface area contributed by atoms with Gasteiger partial charge in [-0.3, -0.25) is 0 Å². The predicted molar refractivity (Wildman–Crippen MR) is 48.5 cm³/mol. The number of hydrogen-bond acceptors (Lipinski definition) is 2. The smallest absolute Gasteiger partial charge is 0.201 e. The molecule has 66 valence electrons. The Morgan fingerprint density at radius 2 is 1.83 bits per heavy atom. The molecule has 1 rings (SSSR count). The van der Waals surface area contributed by atoms with Gasteiger partial charge in [-0.15, -0.1) is 0 Å². The molecule has 0 saturated carbocycles. The second-order valence-corrected chi connectivity index (χ2v) is 3.23. The zero-order chi connectivity index (χ0) is 8.81. The van der Waals surface area contributed by atoms with Crippen LogP contribution in [0.5, 0.6) is 0 Å². The Bertz CT molecular complexity index is 287. The van der Waals surface area contributed by atoms with Crippen molar-refractivity contribution in [1.29, 1.82) is 0 Å². The first kappa shape index (κ1) is 9.22. The molecule has 0 aliphatic heterocycles. The normalized spacial score (nSPS) is 10.4. The highest BCUT2D eigenvalue weighted by molar-refractivity contribution is 7.70. The van der Waals surface area contributed by atoms with Crippen LogP contribution in [0.3, 0.4) is 0 Å². The van der Waals surface area contributed by atoms with Gasteiger partial charge in [-0.2, -0.15) is 0 Å². The average molecular weight is 185 g/mol. The molecular formula is C8H11NO2S. The SMILES string of the molecule is O=[SH](=O)NCCc1ccccc1. The summed E-state index contributed by atoms with van der Waals surface area (Å²) in [5.41, 5.74) is 1.14. The Labute approximate surface area is 73.5 Å². The van der Waals surface area contributed by atoms with E-state index in [0.717, 1.165) is 12.0 Å². The van der Waals surface area contributed by atoms with Crippen LogP contribution in [0.1, 0.15) is 5.56 Å². The molecule has 12 heavy (non-hydrogen) atoms. The summed E-state index contributed by atoms with van der Waals surface area (Å²) in [5.74, 6) is 0. The summed E-state index contributed by atoms with van der Waals surface area (Å²) < 4.78 is 22.6. The lowest BCUT2D eigenvalue weighted by Gasteiger charge is -1.97. The number of nitrogens with one attached hydrogen (secondary N) is 1. The lowest BCUT2D eigenvalue weighted by atomic mass is 10.2. The second-order valence-electron chi connectivity index (χ2n) is 2.40. The summed E-state index contributed by atoms with van der Waals surface area (Å²) in [6.45, 7) is 0.475. The van der Waals surface area contributed by atoms with Crippen LogP contribution in [0.15, 0.2) is 30.3 Å². The Morgan fingerprint density at radius 1 is 1.17 bits per heavy atom. The maximum atomic E-state index is 10.1. The molecule has 0 aromatic heterocycles. The minimum Gasteiger partial charge on any atom is -0.217 e. The van der Waals surface area contributed by atoms with Crippen LogP contribution in [0.4, 0.5) is 0 Å². The van der Waals surface area contributed by atoms with Crippen molar-refractivity contribution in [1.82, 2.24) is 4.72 Å². The molecule has 0 radical (unpaired) electrons. The molecule has 0 aliphatic rings. The zero-order valence-corrected chi connectivity index (χ0v) is 7.46. The molecule has 0 fully saturated rings. The molecule has 0 heterocycles. The third-order valence-electron chi connectivity index (χ3n) is 1.50. The van der Waals surface area contributed by atoms with Crippen LogP contribution in [0.2, 0.25) is 0 Å². The van der Waals surface area contributed by atoms with Gasteiger partial charge in [0.2, 0.25) is 10.9 Å². The Hall–Kier alpha value is -0.870. The summed E-state index contributed by atoms with van der Waals surface area (Å²) in [4.78, 5) is 0. The Morgan fingerprint density at radius 3 is 2.42 bits per heavy atom. The summed E-state index contributed by atoms with van der Waals surface area (Å²) in [6, 6.07) is 9.75. The molecule has 1 aromatic carbocycles. The maximum Gasteiger partial charge on any atom is 0.201 e. The van der Waals surface area contributed by atoms with Crippen LogP contribution >= 0.6 is 0 Å². The summed E-state index contributed by atoms with van der Waals surface area (Å²) in [6.07, 6.45) is 0.740. The largest absolute Gasteiger partial charge is 0.217 e.